The fraction of sp³-hybridized carbons (Fsp3) is 0.545. The van der Waals surface area contributed by atoms with E-state index in [4.69, 9.17) is 10.5 Å². The lowest BCUT2D eigenvalue weighted by atomic mass is 10.1. The second kappa shape index (κ2) is 5.37. The van der Waals surface area contributed by atoms with Crippen molar-refractivity contribution in [3.63, 3.8) is 0 Å². The van der Waals surface area contributed by atoms with Gasteiger partial charge in [-0.3, -0.25) is 4.79 Å². The van der Waals surface area contributed by atoms with E-state index in [1.165, 1.54) is 11.3 Å². The Balaban J connectivity index is 1.94. The Morgan fingerprint density at radius 1 is 1.71 bits per heavy atom. The van der Waals surface area contributed by atoms with Crippen LogP contribution < -0.4 is 16.4 Å². The first-order valence-corrected chi connectivity index (χ1v) is 6.45. The van der Waals surface area contributed by atoms with E-state index < -0.39 is 0 Å². The number of anilines is 2. The summed E-state index contributed by atoms with van der Waals surface area (Å²) in [6.07, 6.45) is 1.09. The predicted molar refractivity (Wildman–Crippen MR) is 69.5 cm³/mol. The summed E-state index contributed by atoms with van der Waals surface area (Å²) in [6.45, 7) is 2.53. The van der Waals surface area contributed by atoms with Gasteiger partial charge in [-0.1, -0.05) is 0 Å². The molecule has 0 radical (unpaired) electrons. The minimum absolute atomic E-state index is 0.134. The van der Waals surface area contributed by atoms with E-state index in [1.807, 2.05) is 6.07 Å². The molecule has 1 aliphatic rings. The summed E-state index contributed by atoms with van der Waals surface area (Å²) >= 11 is 1.39. The van der Waals surface area contributed by atoms with E-state index in [2.05, 4.69) is 10.6 Å². The third kappa shape index (κ3) is 2.89. The van der Waals surface area contributed by atoms with Gasteiger partial charge < -0.3 is 21.1 Å². The van der Waals surface area contributed by atoms with Crippen LogP contribution in [0.1, 0.15) is 16.1 Å². The van der Waals surface area contributed by atoms with Crippen LogP contribution in [0.5, 0.6) is 0 Å². The molecule has 0 bridgehead atoms. The van der Waals surface area contributed by atoms with Gasteiger partial charge in [-0.2, -0.15) is 0 Å². The Labute approximate surface area is 104 Å². The number of nitrogens with one attached hydrogen (secondary N) is 2. The highest BCUT2D eigenvalue weighted by molar-refractivity contribution is 7.18. The van der Waals surface area contributed by atoms with Gasteiger partial charge >= 0.3 is 0 Å². The number of thiophene rings is 1. The number of hydrogen-bond donors (Lipinski definition) is 3. The van der Waals surface area contributed by atoms with E-state index in [0.29, 0.717) is 16.5 Å². The fourth-order valence-electron chi connectivity index (χ4n) is 1.77. The second-order valence-electron chi connectivity index (χ2n) is 4.08. The number of hydrogen-bond acceptors (Lipinski definition) is 5. The van der Waals surface area contributed by atoms with Crippen molar-refractivity contribution >= 4 is 27.9 Å². The van der Waals surface area contributed by atoms with Gasteiger partial charge in [0, 0.05) is 26.1 Å². The van der Waals surface area contributed by atoms with Crippen LogP contribution in [0.25, 0.3) is 0 Å². The molecule has 2 heterocycles. The maximum atomic E-state index is 11.5. The lowest BCUT2D eigenvalue weighted by molar-refractivity contribution is 0.0968. The minimum atomic E-state index is -0.134. The van der Waals surface area contributed by atoms with Gasteiger partial charge in [0.1, 0.15) is 4.88 Å². The van der Waals surface area contributed by atoms with E-state index in [9.17, 15) is 4.79 Å². The number of ether oxygens (including phenoxy) is 1. The molecule has 1 aromatic rings. The fourth-order valence-corrected chi connectivity index (χ4v) is 2.71. The smallest absolute Gasteiger partial charge is 0.263 e. The van der Waals surface area contributed by atoms with E-state index in [-0.39, 0.29) is 5.91 Å². The lowest BCUT2D eigenvalue weighted by Crippen LogP contribution is -2.17. The van der Waals surface area contributed by atoms with Gasteiger partial charge in [0.15, 0.2) is 0 Å². The Morgan fingerprint density at radius 2 is 2.53 bits per heavy atom. The molecule has 2 rings (SSSR count). The average Bonchev–Trinajstić information content (AvgIpc) is 2.94. The molecule has 1 saturated heterocycles. The average molecular weight is 255 g/mol. The first-order valence-electron chi connectivity index (χ1n) is 5.63. The molecule has 0 aliphatic carbocycles. The molecule has 1 atom stereocenters. The minimum Gasteiger partial charge on any atom is -0.397 e. The molecule has 1 fully saturated rings. The Morgan fingerprint density at radius 3 is 3.18 bits per heavy atom. The van der Waals surface area contributed by atoms with Crippen LogP contribution in [0.4, 0.5) is 10.7 Å². The first kappa shape index (κ1) is 12.2. The Hall–Kier alpha value is -1.27. The van der Waals surface area contributed by atoms with Crippen molar-refractivity contribution in [2.75, 3.05) is 37.9 Å². The summed E-state index contributed by atoms with van der Waals surface area (Å²) < 4.78 is 5.30. The Bertz CT molecular complexity index is 399. The molecular weight excluding hydrogens is 238 g/mol. The van der Waals surface area contributed by atoms with Crippen LogP contribution in [0, 0.1) is 5.92 Å². The van der Waals surface area contributed by atoms with Gasteiger partial charge in [-0.05, 0) is 12.5 Å². The molecule has 4 N–H and O–H groups in total. The van der Waals surface area contributed by atoms with E-state index in [0.717, 1.165) is 31.2 Å². The van der Waals surface area contributed by atoms with Crippen LogP contribution >= 0.6 is 11.3 Å². The summed E-state index contributed by atoms with van der Waals surface area (Å²) in [6, 6.07) is 1.81. The molecule has 0 spiro atoms. The maximum Gasteiger partial charge on any atom is 0.263 e. The van der Waals surface area contributed by atoms with Gasteiger partial charge in [0.25, 0.3) is 5.91 Å². The van der Waals surface area contributed by atoms with Crippen molar-refractivity contribution in [1.82, 2.24) is 5.32 Å². The van der Waals surface area contributed by atoms with Crippen molar-refractivity contribution in [3.8, 4) is 0 Å². The summed E-state index contributed by atoms with van der Waals surface area (Å²) in [5.41, 5.74) is 6.31. The second-order valence-corrected chi connectivity index (χ2v) is 5.14. The van der Waals surface area contributed by atoms with Crippen molar-refractivity contribution in [1.29, 1.82) is 0 Å². The molecule has 6 heteroatoms. The summed E-state index contributed by atoms with van der Waals surface area (Å²) in [5, 5.41) is 6.82. The van der Waals surface area contributed by atoms with Crippen LogP contribution in [0.2, 0.25) is 0 Å². The first-order chi connectivity index (χ1) is 8.20. The van der Waals surface area contributed by atoms with Crippen molar-refractivity contribution in [3.05, 3.63) is 10.9 Å². The molecule has 1 unspecified atom stereocenters. The van der Waals surface area contributed by atoms with E-state index in [1.54, 1.807) is 7.05 Å². The largest absolute Gasteiger partial charge is 0.397 e. The quantitative estimate of drug-likeness (QED) is 0.754. The van der Waals surface area contributed by atoms with Crippen LogP contribution in [0.15, 0.2) is 6.07 Å². The SMILES string of the molecule is CNC(=O)c1sc(NCC2CCOC2)cc1N. The van der Waals surface area contributed by atoms with Crippen molar-refractivity contribution in [2.45, 2.75) is 6.42 Å². The number of nitrogens with two attached hydrogens (primary N) is 1. The molecule has 0 aromatic carbocycles. The number of carbonyl (C=O) groups is 1. The highest BCUT2D eigenvalue weighted by Crippen LogP contribution is 2.29. The zero-order valence-corrected chi connectivity index (χ0v) is 10.6. The van der Waals surface area contributed by atoms with Crippen LogP contribution in [0.3, 0.4) is 0 Å². The Kier molecular flexibility index (Phi) is 3.86. The number of carbonyl (C=O) groups excluding carboxylic acids is 1. The highest BCUT2D eigenvalue weighted by Gasteiger charge is 2.17. The zero-order valence-electron chi connectivity index (χ0n) is 9.79. The number of nitrogen functional groups attached to an aromatic ring is 1. The molecule has 5 nitrogen and oxygen atoms in total. The van der Waals surface area contributed by atoms with Gasteiger partial charge in [0.2, 0.25) is 0 Å². The summed E-state index contributed by atoms with van der Waals surface area (Å²) in [7, 11) is 1.60. The topological polar surface area (TPSA) is 76.4 Å². The van der Waals surface area contributed by atoms with E-state index >= 15 is 0 Å². The highest BCUT2D eigenvalue weighted by atomic mass is 32.1. The standard InChI is InChI=1S/C11H17N3O2S/c1-13-11(15)10-8(12)4-9(17-10)14-5-7-2-3-16-6-7/h4,7,14H,2-3,5-6,12H2,1H3,(H,13,15). The normalized spacial score (nSPS) is 19.2. The lowest BCUT2D eigenvalue weighted by Gasteiger charge is -2.08. The molecule has 94 valence electrons. The summed E-state index contributed by atoms with van der Waals surface area (Å²) in [5.74, 6) is 0.423. The molecule has 17 heavy (non-hydrogen) atoms. The maximum absolute atomic E-state index is 11.5. The summed E-state index contributed by atoms with van der Waals surface area (Å²) in [4.78, 5) is 12.0. The van der Waals surface area contributed by atoms with Crippen molar-refractivity contribution < 1.29 is 9.53 Å². The van der Waals surface area contributed by atoms with Gasteiger partial charge in [-0.15, -0.1) is 11.3 Å². The number of rotatable bonds is 4. The third-order valence-corrected chi connectivity index (χ3v) is 3.89. The van der Waals surface area contributed by atoms with Gasteiger partial charge in [0.05, 0.1) is 17.3 Å². The zero-order chi connectivity index (χ0) is 12.3. The van der Waals surface area contributed by atoms with Crippen LogP contribution in [-0.2, 0) is 4.74 Å². The molecule has 1 aromatic heterocycles. The molecule has 0 saturated carbocycles. The predicted octanol–water partition coefficient (Wildman–Crippen LogP) is 1.14. The van der Waals surface area contributed by atoms with Crippen molar-refractivity contribution in [2.24, 2.45) is 5.92 Å². The molecular formula is C11H17N3O2S. The third-order valence-electron chi connectivity index (χ3n) is 2.78. The monoisotopic (exact) mass is 255 g/mol. The number of amides is 1. The van der Waals surface area contributed by atoms with Gasteiger partial charge in [-0.25, -0.2) is 0 Å². The molecule has 1 aliphatic heterocycles. The molecule has 1 amide bonds. The van der Waals surface area contributed by atoms with Crippen LogP contribution in [-0.4, -0.2) is 32.7 Å².